The SMILES string of the molecule is CCOC(=O)CC(c1ccc(OC)nc1)n1ccc(CCCc2ccc3c(n2)CCCC3)n1.CCOC(=O)CC(c1ccc(OC)nc1)n1ccc(CCCc2ccc3cccnc3n2)n1.[Na+].[OH-]. The minimum atomic E-state index is -0.301. The van der Waals surface area contributed by atoms with Gasteiger partial charge in [-0.3, -0.25) is 23.9 Å². The number of ether oxygens (including phenoxy) is 4. The summed E-state index contributed by atoms with van der Waals surface area (Å²) in [6.07, 6.45) is 19.5. The molecule has 1 aliphatic carbocycles. The second-order valence-electron chi connectivity index (χ2n) is 16.1. The van der Waals surface area contributed by atoms with Crippen molar-refractivity contribution < 1.29 is 63.6 Å². The van der Waals surface area contributed by atoms with Crippen molar-refractivity contribution in [3.63, 3.8) is 0 Å². The molecule has 0 spiro atoms. The van der Waals surface area contributed by atoms with Crippen molar-refractivity contribution in [3.05, 3.63) is 149 Å². The van der Waals surface area contributed by atoms with E-state index in [0.29, 0.717) is 25.0 Å². The molecule has 0 fully saturated rings. The predicted molar refractivity (Wildman–Crippen MR) is 251 cm³/mol. The molecule has 2 atom stereocenters. The van der Waals surface area contributed by atoms with E-state index >= 15 is 0 Å². The van der Waals surface area contributed by atoms with Gasteiger partial charge in [0.1, 0.15) is 0 Å². The fourth-order valence-electron chi connectivity index (χ4n) is 8.07. The Bertz CT molecular complexity index is 2640. The molecule has 7 aromatic rings. The summed E-state index contributed by atoms with van der Waals surface area (Å²) in [5.41, 5.74) is 9.39. The minimum absolute atomic E-state index is 0. The van der Waals surface area contributed by atoms with Gasteiger partial charge in [-0.2, -0.15) is 10.2 Å². The number of rotatable bonds is 20. The number of carbonyl (C=O) groups is 2. The van der Waals surface area contributed by atoms with Gasteiger partial charge in [-0.25, -0.2) is 19.9 Å². The van der Waals surface area contributed by atoms with Gasteiger partial charge in [0.05, 0.1) is 63.7 Å². The van der Waals surface area contributed by atoms with E-state index in [1.54, 1.807) is 51.9 Å². The van der Waals surface area contributed by atoms with Crippen LogP contribution in [0, 0.1) is 0 Å². The van der Waals surface area contributed by atoms with E-state index in [9.17, 15) is 9.59 Å². The second-order valence-corrected chi connectivity index (χ2v) is 16.1. The largest absolute Gasteiger partial charge is 1.00 e. The molecule has 0 amide bonds. The Hall–Kier alpha value is -6.07. The Labute approximate surface area is 419 Å². The maximum Gasteiger partial charge on any atom is 1.00 e. The Balaban J connectivity index is 0.000000247. The smallest absolute Gasteiger partial charge is 0.870 e. The Morgan fingerprint density at radius 2 is 1.15 bits per heavy atom. The van der Waals surface area contributed by atoms with Gasteiger partial charge in [0.15, 0.2) is 5.65 Å². The zero-order valence-electron chi connectivity index (χ0n) is 39.8. The summed E-state index contributed by atoms with van der Waals surface area (Å²) in [5.74, 6) is 0.526. The number of fused-ring (bicyclic) bond motifs is 2. The van der Waals surface area contributed by atoms with Crippen LogP contribution < -0.4 is 39.0 Å². The van der Waals surface area contributed by atoms with Crippen LogP contribution in [0.25, 0.3) is 11.0 Å². The van der Waals surface area contributed by atoms with E-state index in [1.807, 2.05) is 65.1 Å². The van der Waals surface area contributed by atoms with Gasteiger partial charge < -0.3 is 24.4 Å². The van der Waals surface area contributed by atoms with Gasteiger partial charge >= 0.3 is 41.5 Å². The third kappa shape index (κ3) is 15.0. The first-order valence-corrected chi connectivity index (χ1v) is 22.9. The van der Waals surface area contributed by atoms with Crippen molar-refractivity contribution in [2.75, 3.05) is 27.4 Å². The molecule has 0 aliphatic heterocycles. The van der Waals surface area contributed by atoms with Crippen LogP contribution in [0.15, 0.2) is 104 Å². The third-order valence-corrected chi connectivity index (χ3v) is 11.5. The monoisotopic (exact) mass is 933 g/mol. The van der Waals surface area contributed by atoms with Gasteiger partial charge in [-0.15, -0.1) is 0 Å². The molecular weight excluding hydrogens is 874 g/mol. The molecule has 7 aromatic heterocycles. The number of esters is 2. The van der Waals surface area contributed by atoms with Crippen molar-refractivity contribution in [3.8, 4) is 11.8 Å². The normalized spacial score (nSPS) is 12.5. The van der Waals surface area contributed by atoms with Crippen LogP contribution in [0.2, 0.25) is 0 Å². The van der Waals surface area contributed by atoms with Crippen molar-refractivity contribution in [1.29, 1.82) is 0 Å². The van der Waals surface area contributed by atoms with Gasteiger partial charge in [-0.1, -0.05) is 6.07 Å². The molecule has 8 rings (SSSR count). The molecular formula is C51H60N9NaO7. The van der Waals surface area contributed by atoms with E-state index in [0.717, 1.165) is 90.6 Å². The van der Waals surface area contributed by atoms with Gasteiger partial charge in [0, 0.05) is 65.6 Å². The minimum Gasteiger partial charge on any atom is -0.870 e. The molecule has 0 bridgehead atoms. The topological polar surface area (TPSA) is 201 Å². The van der Waals surface area contributed by atoms with Crippen molar-refractivity contribution in [2.45, 2.75) is 103 Å². The summed E-state index contributed by atoms with van der Waals surface area (Å²) in [6, 6.07) is 23.3. The van der Waals surface area contributed by atoms with Crippen LogP contribution in [-0.4, -0.2) is 89.3 Å². The Morgan fingerprint density at radius 3 is 1.68 bits per heavy atom. The van der Waals surface area contributed by atoms with E-state index in [2.05, 4.69) is 44.2 Å². The molecule has 352 valence electrons. The zero-order valence-corrected chi connectivity index (χ0v) is 41.8. The number of methoxy groups -OCH3 is 2. The molecule has 0 saturated heterocycles. The second kappa shape index (κ2) is 27.1. The van der Waals surface area contributed by atoms with Gasteiger partial charge in [0.2, 0.25) is 11.8 Å². The van der Waals surface area contributed by atoms with Crippen LogP contribution in [-0.2, 0) is 57.6 Å². The Kier molecular flexibility index (Phi) is 21.0. The zero-order chi connectivity index (χ0) is 46.1. The molecule has 16 nitrogen and oxygen atoms in total. The van der Waals surface area contributed by atoms with Crippen LogP contribution in [0.5, 0.6) is 11.8 Å². The number of hydrogen-bond donors (Lipinski definition) is 0. The summed E-state index contributed by atoms with van der Waals surface area (Å²) in [6.45, 7) is 4.31. The molecule has 1 aliphatic rings. The average molecular weight is 934 g/mol. The van der Waals surface area contributed by atoms with Crippen LogP contribution in [0.3, 0.4) is 0 Å². The first kappa shape index (κ1) is 52.9. The van der Waals surface area contributed by atoms with Crippen molar-refractivity contribution in [1.82, 2.24) is 44.5 Å². The summed E-state index contributed by atoms with van der Waals surface area (Å²) in [4.78, 5) is 46.9. The quantitative estimate of drug-likeness (QED) is 0.0726. The molecule has 0 radical (unpaired) electrons. The van der Waals surface area contributed by atoms with Crippen LogP contribution in [0.1, 0.15) is 110 Å². The molecule has 1 N–H and O–H groups in total. The molecule has 2 unspecified atom stereocenters. The van der Waals surface area contributed by atoms with E-state index in [-0.39, 0.29) is 71.9 Å². The summed E-state index contributed by atoms with van der Waals surface area (Å²) < 4.78 is 24.3. The fourth-order valence-corrected chi connectivity index (χ4v) is 8.07. The first-order valence-electron chi connectivity index (χ1n) is 22.9. The Morgan fingerprint density at radius 1 is 0.618 bits per heavy atom. The average Bonchev–Trinajstić information content (AvgIpc) is 4.03. The molecule has 0 saturated carbocycles. The number of pyridine rings is 5. The maximum absolute atomic E-state index is 12.2. The number of hydrogen-bond acceptors (Lipinski definition) is 14. The van der Waals surface area contributed by atoms with E-state index in [1.165, 1.54) is 29.8 Å². The molecule has 17 heteroatoms. The van der Waals surface area contributed by atoms with Crippen LogP contribution >= 0.6 is 0 Å². The molecule has 68 heavy (non-hydrogen) atoms. The summed E-state index contributed by atoms with van der Waals surface area (Å²) in [7, 11) is 3.15. The first-order chi connectivity index (χ1) is 32.3. The summed E-state index contributed by atoms with van der Waals surface area (Å²) >= 11 is 0. The van der Waals surface area contributed by atoms with E-state index < -0.39 is 0 Å². The number of nitrogens with zero attached hydrogens (tertiary/aromatic N) is 9. The standard InChI is InChI=1S/C26H32N4O3.C25H27N5O3.Na.H2O/c1-3-33-26(31)17-24(20-12-14-25(32-2)27-18-20)30-16-15-22(29-30)9-6-8-21-13-11-19-7-4-5-10-23(19)28-21;1-3-33-24(31)16-22(19-10-12-23(32-2)27-17-19)30-15-13-21(29-30)8-4-7-20-11-9-18-6-5-14-26-25(18)28-20;;/h11-16,18,24H,3-10,17H2,1-2H3;5-6,9-15,17,22H,3-4,7-8,16H2,1-2H3;;1H2/q;;+1;/p-1. The number of carbonyl (C=O) groups excluding carboxylic acids is 2. The molecule has 7 heterocycles. The molecule has 0 aromatic carbocycles. The summed E-state index contributed by atoms with van der Waals surface area (Å²) in [5, 5.41) is 10.6. The van der Waals surface area contributed by atoms with Crippen molar-refractivity contribution in [2.24, 2.45) is 0 Å². The van der Waals surface area contributed by atoms with E-state index in [4.69, 9.17) is 34.1 Å². The number of aryl methyl sites for hydroxylation is 6. The van der Waals surface area contributed by atoms with Crippen LogP contribution in [0.4, 0.5) is 0 Å². The third-order valence-electron chi connectivity index (χ3n) is 11.5. The van der Waals surface area contributed by atoms with Gasteiger partial charge in [0.25, 0.3) is 0 Å². The maximum atomic E-state index is 12.2. The number of aromatic nitrogens is 9. The van der Waals surface area contributed by atoms with Gasteiger partial charge in [-0.05, 0) is 149 Å². The fraction of sp³-hybridized carbons (Fsp3) is 0.392. The van der Waals surface area contributed by atoms with Crippen molar-refractivity contribution >= 4 is 23.0 Å². The predicted octanol–water partition coefficient (Wildman–Crippen LogP) is 5.05.